The second-order valence-electron chi connectivity index (χ2n) is 3.98. The van der Waals surface area contributed by atoms with Crippen molar-refractivity contribution < 1.29 is 14.7 Å². The average Bonchev–Trinajstić information content (AvgIpc) is 2.86. The molecule has 1 aromatic heterocycles. The normalized spacial score (nSPS) is 9.95. The fraction of sp³-hybridized carbons (Fsp3) is 0. The highest BCUT2D eigenvalue weighted by molar-refractivity contribution is 9.10. The van der Waals surface area contributed by atoms with Crippen LogP contribution in [0.4, 0.5) is 11.4 Å². The van der Waals surface area contributed by atoms with E-state index in [0.29, 0.717) is 16.0 Å². The van der Waals surface area contributed by atoms with E-state index in [1.54, 1.807) is 0 Å². The maximum atomic E-state index is 12.1. The summed E-state index contributed by atoms with van der Waals surface area (Å²) in [6.45, 7) is 3.34. The lowest BCUT2D eigenvalue weighted by Crippen LogP contribution is -2.13. The third kappa shape index (κ3) is 3.48. The summed E-state index contributed by atoms with van der Waals surface area (Å²) in [5.41, 5.74) is 0.819. The van der Waals surface area contributed by atoms with Crippen molar-refractivity contribution in [3.8, 4) is 5.75 Å². The van der Waals surface area contributed by atoms with E-state index in [1.165, 1.54) is 24.4 Å². The van der Waals surface area contributed by atoms with Gasteiger partial charge in [-0.1, -0.05) is 6.58 Å². The number of nitrogens with zero attached hydrogens (tertiary/aromatic N) is 1. The quantitative estimate of drug-likeness (QED) is 0.501. The number of H-pyrrole nitrogens is 1. The number of phenols is 1. The topological polar surface area (TPSA) is 107 Å². The van der Waals surface area contributed by atoms with Gasteiger partial charge < -0.3 is 15.7 Å². The number of phenolic OH excluding ortho intramolecular Hbond substituents is 1. The van der Waals surface area contributed by atoms with Crippen molar-refractivity contribution in [2.75, 3.05) is 10.6 Å². The van der Waals surface area contributed by atoms with Gasteiger partial charge >= 0.3 is 0 Å². The standard InChI is InChI=1S/C13H11BrN4O3/c1-2-11(20)16-7-3-4-10(19)8(5-7)13(21)17-9-6-15-18-12(9)14/h2-6,19H,1H2,(H,15,18)(H,16,20)(H,17,21). The molecule has 4 N–H and O–H groups in total. The van der Waals surface area contributed by atoms with Gasteiger partial charge in [0.15, 0.2) is 0 Å². The van der Waals surface area contributed by atoms with Crippen molar-refractivity contribution in [1.82, 2.24) is 10.2 Å². The second-order valence-corrected chi connectivity index (χ2v) is 4.77. The van der Waals surface area contributed by atoms with Crippen LogP contribution >= 0.6 is 15.9 Å². The van der Waals surface area contributed by atoms with E-state index in [1.807, 2.05) is 0 Å². The van der Waals surface area contributed by atoms with Crippen LogP contribution in [0.15, 0.2) is 41.7 Å². The maximum absolute atomic E-state index is 12.1. The van der Waals surface area contributed by atoms with Crippen LogP contribution in [0, 0.1) is 0 Å². The summed E-state index contributed by atoms with van der Waals surface area (Å²) in [7, 11) is 0. The van der Waals surface area contributed by atoms with E-state index in [9.17, 15) is 14.7 Å². The van der Waals surface area contributed by atoms with Crippen LogP contribution in [0.25, 0.3) is 0 Å². The van der Waals surface area contributed by atoms with E-state index < -0.39 is 11.8 Å². The highest BCUT2D eigenvalue weighted by Gasteiger charge is 2.14. The number of hydrogen-bond acceptors (Lipinski definition) is 4. The highest BCUT2D eigenvalue weighted by atomic mass is 79.9. The van der Waals surface area contributed by atoms with E-state index in [0.717, 1.165) is 6.08 Å². The van der Waals surface area contributed by atoms with Crippen LogP contribution in [0.2, 0.25) is 0 Å². The summed E-state index contributed by atoms with van der Waals surface area (Å²) < 4.78 is 0.506. The van der Waals surface area contributed by atoms with Crippen molar-refractivity contribution in [3.05, 3.63) is 47.2 Å². The molecular weight excluding hydrogens is 340 g/mol. The van der Waals surface area contributed by atoms with Gasteiger partial charge in [0.2, 0.25) is 5.91 Å². The van der Waals surface area contributed by atoms with E-state index in [4.69, 9.17) is 0 Å². The molecule has 2 rings (SSSR count). The third-order valence-electron chi connectivity index (χ3n) is 2.54. The first-order chi connectivity index (χ1) is 10.0. The smallest absolute Gasteiger partial charge is 0.259 e. The monoisotopic (exact) mass is 350 g/mol. The Labute approximate surface area is 128 Å². The van der Waals surface area contributed by atoms with Crippen molar-refractivity contribution in [3.63, 3.8) is 0 Å². The molecule has 7 nitrogen and oxygen atoms in total. The minimum absolute atomic E-state index is 0.0185. The van der Waals surface area contributed by atoms with Gasteiger partial charge in [0, 0.05) is 5.69 Å². The van der Waals surface area contributed by atoms with Crippen molar-refractivity contribution in [1.29, 1.82) is 0 Å². The van der Waals surface area contributed by atoms with Gasteiger partial charge in [-0.3, -0.25) is 14.7 Å². The van der Waals surface area contributed by atoms with Gasteiger partial charge in [-0.05, 0) is 40.2 Å². The van der Waals surface area contributed by atoms with Gasteiger partial charge in [0.1, 0.15) is 10.4 Å². The molecule has 8 heteroatoms. The fourth-order valence-electron chi connectivity index (χ4n) is 1.54. The number of aromatic hydroxyl groups is 1. The molecule has 21 heavy (non-hydrogen) atoms. The number of aromatic nitrogens is 2. The van der Waals surface area contributed by atoms with Crippen LogP contribution in [-0.4, -0.2) is 27.1 Å². The number of amides is 2. The fourth-order valence-corrected chi connectivity index (χ4v) is 1.84. The summed E-state index contributed by atoms with van der Waals surface area (Å²) in [6, 6.07) is 4.15. The Kier molecular flexibility index (Phi) is 4.39. The number of hydrogen-bond donors (Lipinski definition) is 4. The average molecular weight is 351 g/mol. The molecule has 108 valence electrons. The molecular formula is C13H11BrN4O3. The van der Waals surface area contributed by atoms with Crippen LogP contribution < -0.4 is 10.6 Å². The van der Waals surface area contributed by atoms with Gasteiger partial charge in [0.25, 0.3) is 5.91 Å². The lowest BCUT2D eigenvalue weighted by atomic mass is 10.1. The number of carbonyl (C=O) groups excluding carboxylic acids is 2. The Morgan fingerprint density at radius 3 is 2.76 bits per heavy atom. The van der Waals surface area contributed by atoms with Crippen molar-refractivity contribution in [2.24, 2.45) is 0 Å². The predicted molar refractivity (Wildman–Crippen MR) is 81.2 cm³/mol. The molecule has 0 atom stereocenters. The second kappa shape index (κ2) is 6.23. The number of aromatic amines is 1. The van der Waals surface area contributed by atoms with E-state index in [2.05, 4.69) is 43.3 Å². The number of rotatable bonds is 4. The third-order valence-corrected chi connectivity index (χ3v) is 3.14. The highest BCUT2D eigenvalue weighted by Crippen LogP contribution is 2.24. The molecule has 0 bridgehead atoms. The van der Waals surface area contributed by atoms with Crippen molar-refractivity contribution in [2.45, 2.75) is 0 Å². The minimum atomic E-state index is -0.538. The molecule has 0 unspecified atom stereocenters. The summed E-state index contributed by atoms with van der Waals surface area (Å²) in [5.74, 6) is -1.15. The van der Waals surface area contributed by atoms with Gasteiger partial charge in [-0.2, -0.15) is 5.10 Å². The maximum Gasteiger partial charge on any atom is 0.259 e. The van der Waals surface area contributed by atoms with Crippen molar-refractivity contribution >= 4 is 39.1 Å². The van der Waals surface area contributed by atoms with Crippen LogP contribution in [0.3, 0.4) is 0 Å². The summed E-state index contributed by atoms with van der Waals surface area (Å²) >= 11 is 3.18. The lowest BCUT2D eigenvalue weighted by molar-refractivity contribution is -0.111. The zero-order valence-corrected chi connectivity index (χ0v) is 12.3. The molecule has 0 spiro atoms. The Bertz CT molecular complexity index is 711. The van der Waals surface area contributed by atoms with Gasteiger partial charge in [-0.15, -0.1) is 0 Å². The zero-order valence-electron chi connectivity index (χ0n) is 10.7. The number of carbonyl (C=O) groups is 2. The molecule has 0 fully saturated rings. The number of anilines is 2. The first-order valence-electron chi connectivity index (χ1n) is 5.78. The zero-order chi connectivity index (χ0) is 15.4. The first-order valence-corrected chi connectivity index (χ1v) is 6.57. The molecule has 0 saturated carbocycles. The van der Waals surface area contributed by atoms with Gasteiger partial charge in [-0.25, -0.2) is 0 Å². The summed E-state index contributed by atoms with van der Waals surface area (Å²) in [6.07, 6.45) is 2.53. The van der Waals surface area contributed by atoms with E-state index >= 15 is 0 Å². The van der Waals surface area contributed by atoms with Crippen LogP contribution in [0.5, 0.6) is 5.75 Å². The number of halogens is 1. The molecule has 0 aliphatic rings. The molecule has 0 aliphatic heterocycles. The molecule has 0 saturated heterocycles. The molecule has 0 aliphatic carbocycles. The lowest BCUT2D eigenvalue weighted by Gasteiger charge is -2.08. The Hall–Kier alpha value is -2.61. The largest absolute Gasteiger partial charge is 0.507 e. The molecule has 1 aromatic carbocycles. The number of benzene rings is 1. The predicted octanol–water partition coefficient (Wildman–Crippen LogP) is 2.25. The summed E-state index contributed by atoms with van der Waals surface area (Å²) in [4.78, 5) is 23.4. The first kappa shape index (κ1) is 14.8. The Morgan fingerprint density at radius 2 is 2.14 bits per heavy atom. The molecule has 2 amide bonds. The SMILES string of the molecule is C=CC(=O)Nc1ccc(O)c(C(=O)Nc2cn[nH]c2Br)c1. The minimum Gasteiger partial charge on any atom is -0.507 e. The van der Waals surface area contributed by atoms with Gasteiger partial charge in [0.05, 0.1) is 17.4 Å². The Morgan fingerprint density at radius 1 is 1.38 bits per heavy atom. The summed E-state index contributed by atoms with van der Waals surface area (Å²) in [5, 5.41) is 21.2. The van der Waals surface area contributed by atoms with E-state index in [-0.39, 0.29) is 11.3 Å². The number of nitrogens with one attached hydrogen (secondary N) is 3. The molecule has 2 aromatic rings. The van der Waals surface area contributed by atoms with Crippen LogP contribution in [0.1, 0.15) is 10.4 Å². The molecule has 0 radical (unpaired) electrons. The Balaban J connectivity index is 2.23. The molecule has 1 heterocycles. The van der Waals surface area contributed by atoms with Crippen LogP contribution in [-0.2, 0) is 4.79 Å².